The number of likely N-dealkylation sites (N-methyl/N-ethyl adjacent to an activating group) is 1. The van der Waals surface area contributed by atoms with Crippen LogP contribution in [0.1, 0.15) is 65.7 Å². The van der Waals surface area contributed by atoms with E-state index in [1.807, 2.05) is 0 Å². The molecule has 2 aliphatic carbocycles. The lowest BCUT2D eigenvalue weighted by atomic mass is 9.66. The minimum atomic E-state index is -0.155. The van der Waals surface area contributed by atoms with Gasteiger partial charge in [-0.3, -0.25) is 9.69 Å². The van der Waals surface area contributed by atoms with E-state index in [1.54, 1.807) is 0 Å². The third kappa shape index (κ3) is 2.95. The number of rotatable bonds is 3. The molecule has 0 aromatic carbocycles. The van der Waals surface area contributed by atoms with Crippen LogP contribution >= 0.6 is 0 Å². The summed E-state index contributed by atoms with van der Waals surface area (Å²) in [6, 6.07) is 0. The molecule has 2 saturated carbocycles. The van der Waals surface area contributed by atoms with E-state index in [1.165, 1.54) is 19.3 Å². The molecule has 0 spiro atoms. The van der Waals surface area contributed by atoms with Crippen LogP contribution in [0.25, 0.3) is 0 Å². The van der Waals surface area contributed by atoms with Gasteiger partial charge >= 0.3 is 0 Å². The van der Waals surface area contributed by atoms with Crippen molar-refractivity contribution in [3.8, 4) is 0 Å². The maximum Gasteiger partial charge on any atom is 0.156 e. The molecule has 2 heteroatoms. The van der Waals surface area contributed by atoms with Crippen LogP contribution in [-0.2, 0) is 4.79 Å². The highest BCUT2D eigenvalue weighted by atomic mass is 16.1. The summed E-state index contributed by atoms with van der Waals surface area (Å²) in [6.07, 6.45) is 8.03. The van der Waals surface area contributed by atoms with Crippen LogP contribution < -0.4 is 0 Å². The second-order valence-corrected chi connectivity index (χ2v) is 7.94. The van der Waals surface area contributed by atoms with E-state index >= 15 is 0 Å². The molecule has 2 fully saturated rings. The van der Waals surface area contributed by atoms with Crippen LogP contribution in [-0.4, -0.2) is 30.3 Å². The largest absolute Gasteiger partial charge is 0.297 e. The van der Waals surface area contributed by atoms with E-state index in [-0.39, 0.29) is 5.54 Å². The van der Waals surface area contributed by atoms with E-state index in [9.17, 15) is 4.79 Å². The smallest absolute Gasteiger partial charge is 0.156 e. The van der Waals surface area contributed by atoms with Crippen molar-refractivity contribution in [2.24, 2.45) is 23.7 Å². The molecular formula is C18H33NO. The Balaban J connectivity index is 2.12. The average molecular weight is 279 g/mol. The van der Waals surface area contributed by atoms with Crippen LogP contribution in [0.5, 0.6) is 0 Å². The lowest BCUT2D eigenvalue weighted by molar-refractivity contribution is -0.138. The van der Waals surface area contributed by atoms with Gasteiger partial charge in [0.1, 0.15) is 0 Å². The Bertz CT molecular complexity index is 341. The van der Waals surface area contributed by atoms with Gasteiger partial charge in [-0.2, -0.15) is 0 Å². The summed E-state index contributed by atoms with van der Waals surface area (Å²) >= 11 is 0. The molecule has 0 heterocycles. The van der Waals surface area contributed by atoms with Crippen molar-refractivity contribution in [3.63, 3.8) is 0 Å². The molecule has 3 unspecified atom stereocenters. The Hall–Kier alpha value is -0.370. The predicted octanol–water partition coefficient (Wildman–Crippen LogP) is 4.14. The second-order valence-electron chi connectivity index (χ2n) is 7.94. The summed E-state index contributed by atoms with van der Waals surface area (Å²) in [4.78, 5) is 15.5. The van der Waals surface area contributed by atoms with Gasteiger partial charge in [-0.05, 0) is 76.8 Å². The second kappa shape index (κ2) is 6.17. The standard InChI is InChI=1S/C18H33NO/c1-13-8-10-18(11-9-13,19(4)5)17(20)16-7-6-14(2)15(3)12-16/h13-16H,6-12H2,1-5H3. The Kier molecular flexibility index (Phi) is 4.94. The molecule has 0 radical (unpaired) electrons. The summed E-state index contributed by atoms with van der Waals surface area (Å²) in [7, 11) is 4.23. The summed E-state index contributed by atoms with van der Waals surface area (Å²) in [5.41, 5.74) is -0.155. The van der Waals surface area contributed by atoms with E-state index in [2.05, 4.69) is 39.8 Å². The van der Waals surface area contributed by atoms with Crippen molar-refractivity contribution in [1.29, 1.82) is 0 Å². The quantitative estimate of drug-likeness (QED) is 0.774. The Morgan fingerprint density at radius 2 is 1.55 bits per heavy atom. The minimum Gasteiger partial charge on any atom is -0.297 e. The van der Waals surface area contributed by atoms with Crippen LogP contribution in [0.3, 0.4) is 0 Å². The van der Waals surface area contributed by atoms with E-state index in [0.717, 1.165) is 37.5 Å². The third-order valence-electron chi connectivity index (χ3n) is 6.39. The molecule has 0 saturated heterocycles. The number of carbonyl (C=O) groups excluding carboxylic acids is 1. The summed E-state index contributed by atoms with van der Waals surface area (Å²) in [5.74, 6) is 3.17. The summed E-state index contributed by atoms with van der Waals surface area (Å²) in [6.45, 7) is 7.00. The number of hydrogen-bond acceptors (Lipinski definition) is 2. The van der Waals surface area contributed by atoms with Crippen molar-refractivity contribution in [2.75, 3.05) is 14.1 Å². The lowest BCUT2D eigenvalue weighted by Crippen LogP contribution is -2.56. The number of nitrogens with zero attached hydrogens (tertiary/aromatic N) is 1. The molecule has 0 aromatic rings. The highest BCUT2D eigenvalue weighted by Crippen LogP contribution is 2.42. The van der Waals surface area contributed by atoms with E-state index in [0.29, 0.717) is 17.6 Å². The normalized spacial score (nSPS) is 42.7. The number of Topliss-reactive ketones (excluding diaryl/α,β-unsaturated/α-hetero) is 1. The average Bonchev–Trinajstić information content (AvgIpc) is 2.42. The molecule has 2 rings (SSSR count). The highest BCUT2D eigenvalue weighted by Gasteiger charge is 2.46. The van der Waals surface area contributed by atoms with Gasteiger partial charge in [-0.1, -0.05) is 20.8 Å². The maximum atomic E-state index is 13.2. The fourth-order valence-electron chi connectivity index (χ4n) is 4.32. The van der Waals surface area contributed by atoms with Gasteiger partial charge < -0.3 is 0 Å². The van der Waals surface area contributed by atoms with E-state index < -0.39 is 0 Å². The molecule has 3 atom stereocenters. The fourth-order valence-corrected chi connectivity index (χ4v) is 4.32. The zero-order valence-electron chi connectivity index (χ0n) is 14.1. The van der Waals surface area contributed by atoms with Gasteiger partial charge in [0, 0.05) is 5.92 Å². The van der Waals surface area contributed by atoms with Crippen molar-refractivity contribution in [3.05, 3.63) is 0 Å². The lowest BCUT2D eigenvalue weighted by Gasteiger charge is -2.46. The predicted molar refractivity (Wildman–Crippen MR) is 84.7 cm³/mol. The first-order chi connectivity index (χ1) is 9.36. The zero-order valence-corrected chi connectivity index (χ0v) is 14.1. The Morgan fingerprint density at radius 1 is 0.950 bits per heavy atom. The maximum absolute atomic E-state index is 13.2. The highest BCUT2D eigenvalue weighted by molar-refractivity contribution is 5.90. The molecule has 0 aromatic heterocycles. The molecule has 0 amide bonds. The van der Waals surface area contributed by atoms with Gasteiger partial charge in [-0.15, -0.1) is 0 Å². The van der Waals surface area contributed by atoms with Gasteiger partial charge in [0.25, 0.3) is 0 Å². The van der Waals surface area contributed by atoms with Crippen molar-refractivity contribution < 1.29 is 4.79 Å². The van der Waals surface area contributed by atoms with Crippen molar-refractivity contribution in [2.45, 2.75) is 71.3 Å². The number of carbonyl (C=O) groups is 1. The topological polar surface area (TPSA) is 20.3 Å². The SMILES string of the molecule is CC1CCC(C(=O)C2CCC(C)C(C)C2)(N(C)C)CC1. The van der Waals surface area contributed by atoms with Crippen LogP contribution in [0, 0.1) is 23.7 Å². The molecular weight excluding hydrogens is 246 g/mol. The molecule has 0 aliphatic heterocycles. The van der Waals surface area contributed by atoms with Gasteiger partial charge in [-0.25, -0.2) is 0 Å². The Morgan fingerprint density at radius 3 is 2.05 bits per heavy atom. The van der Waals surface area contributed by atoms with Gasteiger partial charge in [0.15, 0.2) is 5.78 Å². The van der Waals surface area contributed by atoms with Crippen LogP contribution in [0.2, 0.25) is 0 Å². The zero-order chi connectivity index (χ0) is 14.9. The summed E-state index contributed by atoms with van der Waals surface area (Å²) in [5, 5.41) is 0. The van der Waals surface area contributed by atoms with Gasteiger partial charge in [0.05, 0.1) is 5.54 Å². The minimum absolute atomic E-state index is 0.155. The molecule has 0 N–H and O–H groups in total. The van der Waals surface area contributed by atoms with Crippen LogP contribution in [0.15, 0.2) is 0 Å². The van der Waals surface area contributed by atoms with Crippen molar-refractivity contribution >= 4 is 5.78 Å². The number of ketones is 1. The molecule has 116 valence electrons. The third-order valence-corrected chi connectivity index (χ3v) is 6.39. The first kappa shape index (κ1) is 16.0. The summed E-state index contributed by atoms with van der Waals surface area (Å²) < 4.78 is 0. The van der Waals surface area contributed by atoms with Crippen molar-refractivity contribution in [1.82, 2.24) is 4.90 Å². The first-order valence-corrected chi connectivity index (χ1v) is 8.58. The molecule has 20 heavy (non-hydrogen) atoms. The van der Waals surface area contributed by atoms with Gasteiger partial charge in [0.2, 0.25) is 0 Å². The number of hydrogen-bond donors (Lipinski definition) is 0. The molecule has 0 bridgehead atoms. The fraction of sp³-hybridized carbons (Fsp3) is 0.944. The monoisotopic (exact) mass is 279 g/mol. The van der Waals surface area contributed by atoms with Crippen LogP contribution in [0.4, 0.5) is 0 Å². The molecule has 2 nitrogen and oxygen atoms in total. The first-order valence-electron chi connectivity index (χ1n) is 8.58. The molecule has 2 aliphatic rings. The van der Waals surface area contributed by atoms with E-state index in [4.69, 9.17) is 0 Å². The Labute approximate surface area is 125 Å².